The number of Topliss-reactive ketones (excluding diaryl/α,β-unsaturated/α-hetero) is 1. The highest BCUT2D eigenvalue weighted by Crippen LogP contribution is 2.30. The van der Waals surface area contributed by atoms with Gasteiger partial charge in [-0.15, -0.1) is 0 Å². The van der Waals surface area contributed by atoms with Gasteiger partial charge in [0.1, 0.15) is 5.78 Å². The second kappa shape index (κ2) is 6.70. The number of benzene rings is 1. The van der Waals surface area contributed by atoms with Gasteiger partial charge in [-0.25, -0.2) is 0 Å². The Bertz CT molecular complexity index is 346. The SMILES string of the molecule is CCC(=O)CCC(CC)c1ccccc1Cl. The van der Waals surface area contributed by atoms with Crippen LogP contribution in [0.5, 0.6) is 0 Å². The van der Waals surface area contributed by atoms with Crippen molar-refractivity contribution in [2.75, 3.05) is 0 Å². The zero-order chi connectivity index (χ0) is 12.0. The van der Waals surface area contributed by atoms with Gasteiger partial charge in [-0.2, -0.15) is 0 Å². The summed E-state index contributed by atoms with van der Waals surface area (Å²) in [5, 5.41) is 0.818. The first-order chi connectivity index (χ1) is 7.69. The van der Waals surface area contributed by atoms with Crippen LogP contribution in [0.4, 0.5) is 0 Å². The lowest BCUT2D eigenvalue weighted by Gasteiger charge is -2.16. The highest BCUT2D eigenvalue weighted by atomic mass is 35.5. The van der Waals surface area contributed by atoms with Crippen molar-refractivity contribution in [3.63, 3.8) is 0 Å². The molecule has 0 aliphatic rings. The molecule has 0 aromatic heterocycles. The summed E-state index contributed by atoms with van der Waals surface area (Å²) >= 11 is 6.16. The van der Waals surface area contributed by atoms with Gasteiger partial charge in [-0.05, 0) is 30.4 Å². The van der Waals surface area contributed by atoms with Crippen LogP contribution in [0.3, 0.4) is 0 Å². The van der Waals surface area contributed by atoms with Gasteiger partial charge < -0.3 is 0 Å². The Labute approximate surface area is 103 Å². The maximum Gasteiger partial charge on any atom is 0.132 e. The van der Waals surface area contributed by atoms with E-state index in [-0.39, 0.29) is 0 Å². The van der Waals surface area contributed by atoms with Crippen LogP contribution in [0.2, 0.25) is 5.02 Å². The Kier molecular flexibility index (Phi) is 5.54. The Hall–Kier alpha value is -0.820. The summed E-state index contributed by atoms with van der Waals surface area (Å²) in [6, 6.07) is 7.93. The first-order valence-electron chi connectivity index (χ1n) is 5.95. The molecule has 2 heteroatoms. The van der Waals surface area contributed by atoms with Gasteiger partial charge in [0.05, 0.1) is 0 Å². The van der Waals surface area contributed by atoms with Crippen molar-refractivity contribution in [3.8, 4) is 0 Å². The topological polar surface area (TPSA) is 17.1 Å². The van der Waals surface area contributed by atoms with Gasteiger partial charge in [0, 0.05) is 17.9 Å². The molecule has 1 aromatic carbocycles. The summed E-state index contributed by atoms with van der Waals surface area (Å²) < 4.78 is 0. The lowest BCUT2D eigenvalue weighted by Crippen LogP contribution is -2.03. The average molecular weight is 239 g/mol. The van der Waals surface area contributed by atoms with E-state index in [1.54, 1.807) is 0 Å². The van der Waals surface area contributed by atoms with Crippen molar-refractivity contribution in [3.05, 3.63) is 34.9 Å². The summed E-state index contributed by atoms with van der Waals surface area (Å²) in [7, 11) is 0. The van der Waals surface area contributed by atoms with E-state index in [2.05, 4.69) is 13.0 Å². The molecular formula is C14H19ClO. The van der Waals surface area contributed by atoms with E-state index in [9.17, 15) is 4.79 Å². The van der Waals surface area contributed by atoms with Crippen molar-refractivity contribution in [1.29, 1.82) is 0 Å². The first-order valence-corrected chi connectivity index (χ1v) is 6.32. The summed E-state index contributed by atoms with van der Waals surface area (Å²) in [4.78, 5) is 11.3. The van der Waals surface area contributed by atoms with E-state index in [0.29, 0.717) is 24.5 Å². The van der Waals surface area contributed by atoms with Gasteiger partial charge in [0.25, 0.3) is 0 Å². The summed E-state index contributed by atoms with van der Waals surface area (Å²) in [5.41, 5.74) is 1.18. The monoisotopic (exact) mass is 238 g/mol. The third-order valence-corrected chi connectivity index (χ3v) is 3.35. The normalized spacial score (nSPS) is 12.4. The molecule has 1 nitrogen and oxygen atoms in total. The predicted octanol–water partition coefficient (Wildman–Crippen LogP) is 4.59. The smallest absolute Gasteiger partial charge is 0.132 e. The highest BCUT2D eigenvalue weighted by molar-refractivity contribution is 6.31. The van der Waals surface area contributed by atoms with Crippen LogP contribution >= 0.6 is 11.6 Å². The number of ketones is 1. The Morgan fingerprint density at radius 1 is 1.31 bits per heavy atom. The molecule has 0 radical (unpaired) electrons. The van der Waals surface area contributed by atoms with Crippen LogP contribution in [-0.4, -0.2) is 5.78 Å². The molecule has 0 amide bonds. The quantitative estimate of drug-likeness (QED) is 0.708. The first kappa shape index (κ1) is 13.2. The number of hydrogen-bond acceptors (Lipinski definition) is 1. The number of hydrogen-bond donors (Lipinski definition) is 0. The Morgan fingerprint density at radius 3 is 2.56 bits per heavy atom. The van der Waals surface area contributed by atoms with Crippen molar-refractivity contribution in [2.45, 2.75) is 45.4 Å². The third-order valence-electron chi connectivity index (χ3n) is 3.00. The molecule has 0 spiro atoms. The summed E-state index contributed by atoms with van der Waals surface area (Å²) in [6.45, 7) is 4.06. The van der Waals surface area contributed by atoms with E-state index in [4.69, 9.17) is 11.6 Å². The predicted molar refractivity (Wildman–Crippen MR) is 69.0 cm³/mol. The fraction of sp³-hybridized carbons (Fsp3) is 0.500. The molecule has 0 saturated heterocycles. The van der Waals surface area contributed by atoms with Crippen LogP contribution in [-0.2, 0) is 4.79 Å². The lowest BCUT2D eigenvalue weighted by atomic mass is 9.91. The second-order valence-corrected chi connectivity index (χ2v) is 4.46. The van der Waals surface area contributed by atoms with Gasteiger partial charge >= 0.3 is 0 Å². The number of carbonyl (C=O) groups excluding carboxylic acids is 1. The van der Waals surface area contributed by atoms with Crippen molar-refractivity contribution < 1.29 is 4.79 Å². The molecular weight excluding hydrogens is 220 g/mol. The number of halogens is 1. The van der Waals surface area contributed by atoms with Crippen LogP contribution < -0.4 is 0 Å². The van der Waals surface area contributed by atoms with Crippen LogP contribution in [0.15, 0.2) is 24.3 Å². The Balaban J connectivity index is 2.68. The fourth-order valence-electron chi connectivity index (χ4n) is 1.90. The molecule has 1 atom stereocenters. The minimum Gasteiger partial charge on any atom is -0.300 e. The molecule has 0 aliphatic carbocycles. The van der Waals surface area contributed by atoms with Gasteiger partial charge in [-0.3, -0.25) is 4.79 Å². The minimum atomic E-state index is 0.338. The largest absolute Gasteiger partial charge is 0.300 e. The van der Waals surface area contributed by atoms with Gasteiger partial charge in [0.15, 0.2) is 0 Å². The van der Waals surface area contributed by atoms with Crippen LogP contribution in [0.25, 0.3) is 0 Å². The minimum absolute atomic E-state index is 0.338. The maximum absolute atomic E-state index is 11.3. The lowest BCUT2D eigenvalue weighted by molar-refractivity contribution is -0.118. The van der Waals surface area contributed by atoms with Gasteiger partial charge in [0.2, 0.25) is 0 Å². The van der Waals surface area contributed by atoms with Crippen molar-refractivity contribution in [2.24, 2.45) is 0 Å². The van der Waals surface area contributed by atoms with Crippen LogP contribution in [0, 0.1) is 0 Å². The summed E-state index contributed by atoms with van der Waals surface area (Å²) in [6.07, 6.45) is 3.24. The van der Waals surface area contributed by atoms with Gasteiger partial charge in [-0.1, -0.05) is 43.6 Å². The molecule has 0 saturated carbocycles. The standard InChI is InChI=1S/C14H19ClO/c1-3-11(9-10-12(16)4-2)13-7-5-6-8-14(13)15/h5-8,11H,3-4,9-10H2,1-2H3. The molecule has 0 bridgehead atoms. The maximum atomic E-state index is 11.3. The Morgan fingerprint density at radius 2 is 2.00 bits per heavy atom. The molecule has 0 heterocycles. The fourth-order valence-corrected chi connectivity index (χ4v) is 2.19. The van der Waals surface area contributed by atoms with E-state index >= 15 is 0 Å². The molecule has 0 fully saturated rings. The molecule has 16 heavy (non-hydrogen) atoms. The number of carbonyl (C=O) groups is 1. The van der Waals surface area contributed by atoms with Crippen molar-refractivity contribution in [1.82, 2.24) is 0 Å². The molecule has 1 unspecified atom stereocenters. The number of rotatable bonds is 6. The van der Waals surface area contributed by atoms with E-state index < -0.39 is 0 Å². The average Bonchev–Trinajstić information content (AvgIpc) is 2.31. The molecule has 1 rings (SSSR count). The summed E-state index contributed by atoms with van der Waals surface area (Å²) in [5.74, 6) is 0.745. The zero-order valence-electron chi connectivity index (χ0n) is 10.0. The van der Waals surface area contributed by atoms with E-state index in [0.717, 1.165) is 17.9 Å². The molecule has 1 aromatic rings. The zero-order valence-corrected chi connectivity index (χ0v) is 10.8. The molecule has 0 N–H and O–H groups in total. The van der Waals surface area contributed by atoms with E-state index in [1.165, 1.54) is 5.56 Å². The molecule has 0 aliphatic heterocycles. The second-order valence-electron chi connectivity index (χ2n) is 4.06. The highest BCUT2D eigenvalue weighted by Gasteiger charge is 2.13. The third kappa shape index (κ3) is 3.64. The van der Waals surface area contributed by atoms with Crippen molar-refractivity contribution >= 4 is 17.4 Å². The molecule has 88 valence electrons. The van der Waals surface area contributed by atoms with Crippen LogP contribution in [0.1, 0.15) is 51.0 Å². The van der Waals surface area contributed by atoms with E-state index in [1.807, 2.05) is 25.1 Å².